The first-order valence-electron chi connectivity index (χ1n) is 8.63. The normalized spacial score (nSPS) is 18.8. The van der Waals surface area contributed by atoms with Gasteiger partial charge in [0.05, 0.1) is 6.61 Å². The minimum Gasteiger partial charge on any atom is -0.484 e. The van der Waals surface area contributed by atoms with Gasteiger partial charge in [0.15, 0.2) is 6.61 Å². The molecular weight excluding hydrogens is 419 g/mol. The number of hydrogen-bond acceptors (Lipinski definition) is 7. The predicted octanol–water partition coefficient (Wildman–Crippen LogP) is 3.08. The molecule has 158 valence electrons. The minimum absolute atomic E-state index is 0.0576. The van der Waals surface area contributed by atoms with Gasteiger partial charge in [-0.15, -0.1) is 18.3 Å². The van der Waals surface area contributed by atoms with E-state index >= 15 is 0 Å². The highest BCUT2D eigenvalue weighted by atomic mass is 35.5. The highest BCUT2D eigenvalue weighted by Gasteiger charge is 2.35. The summed E-state index contributed by atoms with van der Waals surface area (Å²) < 4.78 is 54.7. The third kappa shape index (κ3) is 6.79. The standard InChI is InChI=1S/C17H17ClF3N3O5/c18-11-1-3-13(4-2-11)27-9-14(25)22-12-7-10(8-12)15-23-24-16(29-15)26-5-6-28-17(19,20)21/h1-4,10,12H,5-9H2,(H,22,25). The zero-order valence-corrected chi connectivity index (χ0v) is 15.7. The quantitative estimate of drug-likeness (QED) is 0.605. The van der Waals surface area contributed by atoms with Crippen LogP contribution >= 0.6 is 11.6 Å². The molecule has 0 bridgehead atoms. The molecule has 29 heavy (non-hydrogen) atoms. The summed E-state index contributed by atoms with van der Waals surface area (Å²) in [4.78, 5) is 11.9. The summed E-state index contributed by atoms with van der Waals surface area (Å²) in [6.07, 6.45) is -3.76. The molecular formula is C17H17ClF3N3O5. The van der Waals surface area contributed by atoms with Crippen molar-refractivity contribution in [1.29, 1.82) is 0 Å². The zero-order chi connectivity index (χ0) is 20.9. The molecule has 1 saturated carbocycles. The number of nitrogens with one attached hydrogen (secondary N) is 1. The van der Waals surface area contributed by atoms with Gasteiger partial charge in [0, 0.05) is 17.0 Å². The number of rotatable bonds is 9. The number of carbonyl (C=O) groups is 1. The third-order valence-electron chi connectivity index (χ3n) is 4.03. The average molecular weight is 436 g/mol. The maximum absolute atomic E-state index is 11.9. The summed E-state index contributed by atoms with van der Waals surface area (Å²) >= 11 is 5.78. The van der Waals surface area contributed by atoms with Crippen molar-refractivity contribution in [3.63, 3.8) is 0 Å². The van der Waals surface area contributed by atoms with Crippen LogP contribution in [0.4, 0.5) is 13.2 Å². The second kappa shape index (κ2) is 9.31. The van der Waals surface area contributed by atoms with Crippen molar-refractivity contribution in [3.05, 3.63) is 35.2 Å². The lowest BCUT2D eigenvalue weighted by Gasteiger charge is -2.33. The van der Waals surface area contributed by atoms with Crippen LogP contribution in [0.25, 0.3) is 0 Å². The summed E-state index contributed by atoms with van der Waals surface area (Å²) in [7, 11) is 0. The van der Waals surface area contributed by atoms with E-state index in [0.717, 1.165) is 0 Å². The van der Waals surface area contributed by atoms with Crippen molar-refractivity contribution >= 4 is 17.5 Å². The van der Waals surface area contributed by atoms with Gasteiger partial charge < -0.3 is 19.2 Å². The Kier molecular flexibility index (Phi) is 6.80. The van der Waals surface area contributed by atoms with E-state index in [2.05, 4.69) is 20.3 Å². The summed E-state index contributed by atoms with van der Waals surface area (Å²) in [5, 5.41) is 10.8. The van der Waals surface area contributed by atoms with E-state index in [1.807, 2.05) is 0 Å². The Bertz CT molecular complexity index is 809. The van der Waals surface area contributed by atoms with E-state index in [9.17, 15) is 18.0 Å². The number of hydrogen-bond donors (Lipinski definition) is 1. The van der Waals surface area contributed by atoms with Crippen molar-refractivity contribution in [2.24, 2.45) is 0 Å². The second-order valence-corrected chi connectivity index (χ2v) is 6.66. The van der Waals surface area contributed by atoms with Crippen LogP contribution in [0, 0.1) is 0 Å². The fourth-order valence-corrected chi connectivity index (χ4v) is 2.74. The maximum atomic E-state index is 11.9. The zero-order valence-electron chi connectivity index (χ0n) is 14.9. The molecule has 3 rings (SSSR count). The number of carbonyl (C=O) groups excluding carboxylic acids is 1. The van der Waals surface area contributed by atoms with Crippen LogP contribution in [0.5, 0.6) is 11.8 Å². The molecule has 1 fully saturated rings. The summed E-state index contributed by atoms with van der Waals surface area (Å²) in [5.74, 6) is 0.520. The fraction of sp³-hybridized carbons (Fsp3) is 0.471. The van der Waals surface area contributed by atoms with E-state index in [1.54, 1.807) is 24.3 Å². The molecule has 8 nitrogen and oxygen atoms in total. The molecule has 0 spiro atoms. The second-order valence-electron chi connectivity index (χ2n) is 6.22. The summed E-state index contributed by atoms with van der Waals surface area (Å²) in [6, 6.07) is 6.60. The molecule has 2 aromatic rings. The van der Waals surface area contributed by atoms with E-state index in [1.165, 1.54) is 0 Å². The van der Waals surface area contributed by atoms with E-state index < -0.39 is 13.0 Å². The lowest BCUT2D eigenvalue weighted by atomic mass is 9.80. The molecule has 1 N–H and O–H groups in total. The Balaban J connectivity index is 1.33. The molecule has 0 radical (unpaired) electrons. The largest absolute Gasteiger partial charge is 0.522 e. The Hall–Kier alpha value is -2.53. The molecule has 0 atom stereocenters. The van der Waals surface area contributed by atoms with Gasteiger partial charge >= 0.3 is 12.4 Å². The van der Waals surface area contributed by atoms with Gasteiger partial charge in [-0.05, 0) is 37.1 Å². The number of benzene rings is 1. The van der Waals surface area contributed by atoms with Gasteiger partial charge in [0.1, 0.15) is 12.4 Å². The fourth-order valence-electron chi connectivity index (χ4n) is 2.62. The van der Waals surface area contributed by atoms with E-state index in [-0.39, 0.29) is 37.2 Å². The maximum Gasteiger partial charge on any atom is 0.522 e. The Morgan fingerprint density at radius 1 is 1.17 bits per heavy atom. The number of halogens is 4. The van der Waals surface area contributed by atoms with Crippen LogP contribution in [-0.2, 0) is 9.53 Å². The molecule has 1 aromatic heterocycles. The molecule has 0 unspecified atom stereocenters. The molecule has 12 heteroatoms. The van der Waals surface area contributed by atoms with Crippen LogP contribution in [0.3, 0.4) is 0 Å². The smallest absolute Gasteiger partial charge is 0.484 e. The van der Waals surface area contributed by atoms with Gasteiger partial charge in [0.2, 0.25) is 5.89 Å². The van der Waals surface area contributed by atoms with Crippen LogP contribution in [0.15, 0.2) is 28.7 Å². The van der Waals surface area contributed by atoms with Crippen LogP contribution in [0.1, 0.15) is 24.7 Å². The van der Waals surface area contributed by atoms with Crippen LogP contribution in [0.2, 0.25) is 5.02 Å². The van der Waals surface area contributed by atoms with Crippen molar-refractivity contribution < 1.29 is 36.6 Å². The van der Waals surface area contributed by atoms with Gasteiger partial charge in [-0.2, -0.15) is 0 Å². The highest BCUT2D eigenvalue weighted by Crippen LogP contribution is 2.36. The molecule has 1 aromatic carbocycles. The van der Waals surface area contributed by atoms with Crippen LogP contribution < -0.4 is 14.8 Å². The van der Waals surface area contributed by atoms with Crippen molar-refractivity contribution in [2.45, 2.75) is 31.2 Å². The van der Waals surface area contributed by atoms with E-state index in [4.69, 9.17) is 25.5 Å². The average Bonchev–Trinajstić information content (AvgIpc) is 3.08. The molecule has 1 amide bonds. The summed E-state index contributed by atoms with van der Waals surface area (Å²) in [5.41, 5.74) is 0. The number of alkyl halides is 3. The first kappa shape index (κ1) is 21.2. The SMILES string of the molecule is O=C(COc1ccc(Cl)cc1)NC1CC(c2nnc(OCCOC(F)(F)F)o2)C1. The van der Waals surface area contributed by atoms with Crippen molar-refractivity contribution in [1.82, 2.24) is 15.5 Å². The summed E-state index contributed by atoms with van der Waals surface area (Å²) in [6.45, 7) is -1.18. The highest BCUT2D eigenvalue weighted by molar-refractivity contribution is 6.30. The molecule has 1 aliphatic carbocycles. The lowest BCUT2D eigenvalue weighted by Crippen LogP contribution is -2.45. The van der Waals surface area contributed by atoms with Gasteiger partial charge in [-0.3, -0.25) is 9.53 Å². The Morgan fingerprint density at radius 2 is 1.90 bits per heavy atom. The number of aromatic nitrogens is 2. The Morgan fingerprint density at radius 3 is 2.59 bits per heavy atom. The third-order valence-corrected chi connectivity index (χ3v) is 4.28. The molecule has 0 saturated heterocycles. The van der Waals surface area contributed by atoms with Gasteiger partial charge in [-0.25, -0.2) is 0 Å². The predicted molar refractivity (Wildman–Crippen MR) is 92.7 cm³/mol. The monoisotopic (exact) mass is 435 g/mol. The first-order chi connectivity index (χ1) is 13.8. The Labute approximate surface area is 168 Å². The van der Waals surface area contributed by atoms with E-state index in [0.29, 0.717) is 29.5 Å². The van der Waals surface area contributed by atoms with Gasteiger partial charge in [0.25, 0.3) is 5.91 Å². The van der Waals surface area contributed by atoms with Crippen molar-refractivity contribution in [2.75, 3.05) is 19.8 Å². The molecule has 1 aliphatic rings. The first-order valence-corrected chi connectivity index (χ1v) is 9.01. The number of amides is 1. The van der Waals surface area contributed by atoms with Crippen molar-refractivity contribution in [3.8, 4) is 11.8 Å². The molecule has 1 heterocycles. The number of nitrogens with zero attached hydrogens (tertiary/aromatic N) is 2. The molecule has 0 aliphatic heterocycles. The topological polar surface area (TPSA) is 95.7 Å². The lowest BCUT2D eigenvalue weighted by molar-refractivity contribution is -0.325. The van der Waals surface area contributed by atoms with Crippen LogP contribution in [-0.4, -0.2) is 48.3 Å². The van der Waals surface area contributed by atoms with Gasteiger partial charge in [-0.1, -0.05) is 16.7 Å². The minimum atomic E-state index is -4.71. The number of ether oxygens (including phenoxy) is 3.